The molecule has 0 aliphatic rings. The van der Waals surface area contributed by atoms with Crippen LogP contribution in [0.4, 0.5) is 10.5 Å². The van der Waals surface area contributed by atoms with E-state index < -0.39 is 5.97 Å². The molecule has 1 rings (SSSR count). The van der Waals surface area contributed by atoms with E-state index in [1.54, 1.807) is 26.2 Å². The molecule has 18 heavy (non-hydrogen) atoms. The van der Waals surface area contributed by atoms with Gasteiger partial charge in [0.15, 0.2) is 0 Å². The summed E-state index contributed by atoms with van der Waals surface area (Å²) >= 11 is 0. The minimum absolute atomic E-state index is 0.202. The molecular formula is C13H16N2O3. The highest BCUT2D eigenvalue weighted by Gasteiger charge is 2.06. The average Bonchev–Trinajstić information content (AvgIpc) is 2.29. The van der Waals surface area contributed by atoms with Crippen LogP contribution in [0.1, 0.15) is 11.1 Å². The van der Waals surface area contributed by atoms with Crippen LogP contribution in [-0.4, -0.2) is 36.1 Å². The monoisotopic (exact) mass is 248 g/mol. The molecule has 0 saturated carbocycles. The largest absolute Gasteiger partial charge is 0.478 e. The lowest BCUT2D eigenvalue weighted by molar-refractivity contribution is -0.131. The van der Waals surface area contributed by atoms with Gasteiger partial charge in [0.2, 0.25) is 0 Å². The minimum Gasteiger partial charge on any atom is -0.478 e. The first-order valence-electron chi connectivity index (χ1n) is 5.40. The maximum Gasteiger partial charge on any atom is 0.328 e. The van der Waals surface area contributed by atoms with Gasteiger partial charge in [-0.3, -0.25) is 0 Å². The number of amides is 2. The molecule has 0 heterocycles. The Kier molecular flexibility index (Phi) is 4.48. The first kappa shape index (κ1) is 13.8. The van der Waals surface area contributed by atoms with Crippen molar-refractivity contribution in [3.8, 4) is 0 Å². The topological polar surface area (TPSA) is 69.6 Å². The number of aryl methyl sites for hydroxylation is 1. The minimum atomic E-state index is -0.988. The van der Waals surface area contributed by atoms with Gasteiger partial charge in [0.25, 0.3) is 0 Å². The Morgan fingerprint density at radius 3 is 2.50 bits per heavy atom. The fourth-order valence-corrected chi connectivity index (χ4v) is 1.33. The van der Waals surface area contributed by atoms with Gasteiger partial charge < -0.3 is 15.3 Å². The van der Waals surface area contributed by atoms with Gasteiger partial charge >= 0.3 is 12.0 Å². The van der Waals surface area contributed by atoms with Crippen molar-refractivity contribution in [3.63, 3.8) is 0 Å². The number of nitrogens with one attached hydrogen (secondary N) is 1. The smallest absolute Gasteiger partial charge is 0.328 e. The fourth-order valence-electron chi connectivity index (χ4n) is 1.33. The van der Waals surface area contributed by atoms with E-state index in [4.69, 9.17) is 5.11 Å². The Bertz CT molecular complexity index is 493. The molecule has 0 aliphatic heterocycles. The van der Waals surface area contributed by atoms with Crippen molar-refractivity contribution in [3.05, 3.63) is 35.4 Å². The van der Waals surface area contributed by atoms with Crippen LogP contribution in [0.15, 0.2) is 24.3 Å². The lowest BCUT2D eigenvalue weighted by Crippen LogP contribution is -2.27. The van der Waals surface area contributed by atoms with Gasteiger partial charge in [0, 0.05) is 25.9 Å². The van der Waals surface area contributed by atoms with Gasteiger partial charge in [-0.15, -0.1) is 0 Å². The van der Waals surface area contributed by atoms with Crippen molar-refractivity contribution in [2.45, 2.75) is 6.92 Å². The summed E-state index contributed by atoms with van der Waals surface area (Å²) in [4.78, 5) is 23.3. The van der Waals surface area contributed by atoms with Crippen LogP contribution < -0.4 is 5.32 Å². The normalized spacial score (nSPS) is 10.4. The van der Waals surface area contributed by atoms with E-state index in [1.165, 1.54) is 11.0 Å². The Hall–Kier alpha value is -2.30. The number of carbonyl (C=O) groups excluding carboxylic acids is 1. The molecule has 96 valence electrons. The van der Waals surface area contributed by atoms with Crippen LogP contribution in [-0.2, 0) is 4.79 Å². The molecule has 0 bridgehead atoms. The molecule has 2 amide bonds. The Labute approximate surface area is 106 Å². The van der Waals surface area contributed by atoms with Crippen molar-refractivity contribution in [1.82, 2.24) is 4.90 Å². The van der Waals surface area contributed by atoms with Crippen molar-refractivity contribution >= 4 is 23.8 Å². The zero-order valence-corrected chi connectivity index (χ0v) is 10.6. The van der Waals surface area contributed by atoms with E-state index in [2.05, 4.69) is 5.32 Å². The van der Waals surface area contributed by atoms with E-state index in [0.717, 1.165) is 17.2 Å². The molecular weight excluding hydrogens is 232 g/mol. The molecule has 1 aromatic rings. The Morgan fingerprint density at radius 2 is 2.00 bits per heavy atom. The average molecular weight is 248 g/mol. The number of carboxylic acid groups (broad SMARTS) is 1. The number of hydrogen-bond acceptors (Lipinski definition) is 2. The highest BCUT2D eigenvalue weighted by Crippen LogP contribution is 2.17. The van der Waals surface area contributed by atoms with Crippen LogP contribution >= 0.6 is 0 Å². The summed E-state index contributed by atoms with van der Waals surface area (Å²) in [5, 5.41) is 11.3. The highest BCUT2D eigenvalue weighted by atomic mass is 16.4. The molecule has 0 spiro atoms. The van der Waals surface area contributed by atoms with Crippen molar-refractivity contribution < 1.29 is 14.7 Å². The molecule has 0 aromatic heterocycles. The van der Waals surface area contributed by atoms with E-state index in [1.807, 2.05) is 13.0 Å². The third-order valence-electron chi connectivity index (χ3n) is 2.32. The maximum absolute atomic E-state index is 11.5. The third-order valence-corrected chi connectivity index (χ3v) is 2.32. The number of nitrogens with zero attached hydrogens (tertiary/aromatic N) is 1. The standard InChI is InChI=1S/C13H16N2O3/c1-9-8-10(5-7-12(16)17)4-6-11(9)14-13(18)15(2)3/h4-8H,1-3H3,(H,14,18)(H,16,17). The molecule has 2 N–H and O–H groups in total. The second-order valence-electron chi connectivity index (χ2n) is 4.07. The van der Waals surface area contributed by atoms with Crippen LogP contribution in [0.25, 0.3) is 6.08 Å². The SMILES string of the molecule is Cc1cc(C=CC(=O)O)ccc1NC(=O)N(C)C. The summed E-state index contributed by atoms with van der Waals surface area (Å²) in [6.45, 7) is 1.85. The highest BCUT2D eigenvalue weighted by molar-refractivity contribution is 5.90. The number of aliphatic carboxylic acids is 1. The zero-order chi connectivity index (χ0) is 13.7. The van der Waals surface area contributed by atoms with E-state index in [0.29, 0.717) is 5.69 Å². The second-order valence-corrected chi connectivity index (χ2v) is 4.07. The van der Waals surface area contributed by atoms with E-state index in [9.17, 15) is 9.59 Å². The van der Waals surface area contributed by atoms with Gasteiger partial charge in [0.1, 0.15) is 0 Å². The van der Waals surface area contributed by atoms with Crippen molar-refractivity contribution in [1.29, 1.82) is 0 Å². The predicted molar refractivity (Wildman–Crippen MR) is 70.6 cm³/mol. The van der Waals surface area contributed by atoms with Gasteiger partial charge in [-0.25, -0.2) is 9.59 Å². The van der Waals surface area contributed by atoms with Crippen molar-refractivity contribution in [2.75, 3.05) is 19.4 Å². The summed E-state index contributed by atoms with van der Waals surface area (Å²) in [5.74, 6) is -0.988. The number of benzene rings is 1. The Balaban J connectivity index is 2.86. The predicted octanol–water partition coefficient (Wildman–Crippen LogP) is 2.19. The number of urea groups is 1. The quantitative estimate of drug-likeness (QED) is 0.805. The van der Waals surface area contributed by atoms with Crippen molar-refractivity contribution in [2.24, 2.45) is 0 Å². The number of carboxylic acids is 1. The molecule has 5 heteroatoms. The lowest BCUT2D eigenvalue weighted by atomic mass is 10.1. The van der Waals surface area contributed by atoms with Crippen LogP contribution in [0.3, 0.4) is 0 Å². The number of carbonyl (C=O) groups is 2. The third kappa shape index (κ3) is 3.93. The molecule has 0 atom stereocenters. The molecule has 5 nitrogen and oxygen atoms in total. The fraction of sp³-hybridized carbons (Fsp3) is 0.231. The van der Waals surface area contributed by atoms with E-state index in [-0.39, 0.29) is 6.03 Å². The van der Waals surface area contributed by atoms with Crippen LogP contribution in [0, 0.1) is 6.92 Å². The van der Waals surface area contributed by atoms with Crippen LogP contribution in [0.2, 0.25) is 0 Å². The molecule has 1 aromatic carbocycles. The first-order chi connectivity index (χ1) is 8.40. The van der Waals surface area contributed by atoms with Crippen LogP contribution in [0.5, 0.6) is 0 Å². The van der Waals surface area contributed by atoms with Gasteiger partial charge in [-0.1, -0.05) is 6.07 Å². The number of rotatable bonds is 3. The summed E-state index contributed by atoms with van der Waals surface area (Å²) in [5.41, 5.74) is 2.36. The van der Waals surface area contributed by atoms with Gasteiger partial charge in [0.05, 0.1) is 0 Å². The number of anilines is 1. The zero-order valence-electron chi connectivity index (χ0n) is 10.6. The first-order valence-corrected chi connectivity index (χ1v) is 5.40. The molecule has 0 unspecified atom stereocenters. The van der Waals surface area contributed by atoms with Gasteiger partial charge in [-0.2, -0.15) is 0 Å². The summed E-state index contributed by atoms with van der Waals surface area (Å²) in [6, 6.07) is 5.10. The molecule has 0 aliphatic carbocycles. The second kappa shape index (κ2) is 5.86. The molecule has 0 saturated heterocycles. The summed E-state index contributed by atoms with van der Waals surface area (Å²) in [6.07, 6.45) is 2.58. The van der Waals surface area contributed by atoms with E-state index >= 15 is 0 Å². The number of hydrogen-bond donors (Lipinski definition) is 2. The molecule has 0 fully saturated rings. The summed E-state index contributed by atoms with van der Waals surface area (Å²) in [7, 11) is 3.32. The van der Waals surface area contributed by atoms with Gasteiger partial charge in [-0.05, 0) is 36.3 Å². The molecule has 0 radical (unpaired) electrons. The lowest BCUT2D eigenvalue weighted by Gasteiger charge is -2.13. The Morgan fingerprint density at radius 1 is 1.33 bits per heavy atom. The summed E-state index contributed by atoms with van der Waals surface area (Å²) < 4.78 is 0. The maximum atomic E-state index is 11.5.